The molecule has 0 atom stereocenters. The lowest BCUT2D eigenvalue weighted by Crippen LogP contribution is -2.26. The molecule has 0 unspecified atom stereocenters. The van der Waals surface area contributed by atoms with E-state index < -0.39 is 0 Å². The lowest BCUT2D eigenvalue weighted by molar-refractivity contribution is 0.0784. The van der Waals surface area contributed by atoms with E-state index in [4.69, 9.17) is 4.74 Å². The van der Waals surface area contributed by atoms with Crippen LogP contribution in [-0.4, -0.2) is 35.9 Å². The minimum absolute atomic E-state index is 0.205. The maximum absolute atomic E-state index is 12.8. The van der Waals surface area contributed by atoms with Gasteiger partial charge < -0.3 is 15.0 Å². The van der Waals surface area contributed by atoms with Gasteiger partial charge in [0.25, 0.3) is 11.8 Å². The first-order valence-electron chi connectivity index (χ1n) is 9.18. The van der Waals surface area contributed by atoms with E-state index in [0.29, 0.717) is 29.1 Å². The second kappa shape index (κ2) is 9.01. The number of nitrogens with zero attached hydrogens (tertiary/aromatic N) is 2. The summed E-state index contributed by atoms with van der Waals surface area (Å²) in [6.07, 6.45) is 2.90. The molecule has 1 N–H and O–H groups in total. The Kier molecular flexibility index (Phi) is 6.24. The van der Waals surface area contributed by atoms with Gasteiger partial charge in [-0.1, -0.05) is 36.4 Å². The topological polar surface area (TPSA) is 71.5 Å². The number of anilines is 1. The summed E-state index contributed by atoms with van der Waals surface area (Å²) in [5.41, 5.74) is 3.23. The number of nitrogens with one attached hydrogen (secondary N) is 1. The van der Waals surface area contributed by atoms with Gasteiger partial charge in [-0.25, -0.2) is 0 Å². The predicted octanol–water partition coefficient (Wildman–Crippen LogP) is 3.92. The van der Waals surface area contributed by atoms with Gasteiger partial charge >= 0.3 is 0 Å². The molecular formula is C23H23N3O3. The number of rotatable bonds is 6. The maximum atomic E-state index is 12.8. The molecule has 6 nitrogen and oxygen atoms in total. The van der Waals surface area contributed by atoms with Crippen LogP contribution >= 0.6 is 0 Å². The summed E-state index contributed by atoms with van der Waals surface area (Å²) < 4.78 is 5.30. The Balaban J connectivity index is 1.76. The number of methoxy groups -OCH3 is 1. The summed E-state index contributed by atoms with van der Waals surface area (Å²) in [6.45, 7) is 2.40. The zero-order chi connectivity index (χ0) is 20.8. The standard InChI is InChI=1S/C23H23N3O3/c1-16-9-10-21(29-3)20(11-16)25-22(27)18-12-19(14-24-13-18)23(28)26(2)15-17-7-5-4-6-8-17/h4-14H,15H2,1-3H3,(H,25,27). The number of hydrogen-bond acceptors (Lipinski definition) is 4. The van der Waals surface area contributed by atoms with Gasteiger partial charge in [0.1, 0.15) is 5.75 Å². The second-order valence-corrected chi connectivity index (χ2v) is 6.77. The van der Waals surface area contributed by atoms with Crippen LogP contribution in [-0.2, 0) is 6.54 Å². The van der Waals surface area contributed by atoms with E-state index in [1.165, 1.54) is 12.4 Å². The molecule has 148 valence electrons. The van der Waals surface area contributed by atoms with Crippen LogP contribution < -0.4 is 10.1 Å². The zero-order valence-corrected chi connectivity index (χ0v) is 16.7. The summed E-state index contributed by atoms with van der Waals surface area (Å²) in [5, 5.41) is 2.82. The normalized spacial score (nSPS) is 10.3. The molecule has 0 bridgehead atoms. The van der Waals surface area contributed by atoms with E-state index in [9.17, 15) is 9.59 Å². The molecule has 1 aromatic heterocycles. The summed E-state index contributed by atoms with van der Waals surface area (Å²) in [6, 6.07) is 16.8. The third-order valence-electron chi connectivity index (χ3n) is 4.46. The minimum Gasteiger partial charge on any atom is -0.495 e. The third-order valence-corrected chi connectivity index (χ3v) is 4.46. The SMILES string of the molecule is COc1ccc(C)cc1NC(=O)c1cncc(C(=O)N(C)Cc2ccccc2)c1. The van der Waals surface area contributed by atoms with Gasteiger partial charge in [-0.3, -0.25) is 14.6 Å². The molecule has 0 fully saturated rings. The molecule has 0 aliphatic carbocycles. The molecule has 0 saturated heterocycles. The Bertz CT molecular complexity index is 1020. The molecule has 0 saturated carbocycles. The summed E-state index contributed by atoms with van der Waals surface area (Å²) in [5.74, 6) is -0.00219. The van der Waals surface area contributed by atoms with Crippen molar-refractivity contribution in [2.75, 3.05) is 19.5 Å². The number of hydrogen-bond donors (Lipinski definition) is 1. The number of carbonyl (C=O) groups excluding carboxylic acids is 2. The fourth-order valence-electron chi connectivity index (χ4n) is 2.94. The molecule has 2 amide bonds. The van der Waals surface area contributed by atoms with Crippen molar-refractivity contribution in [3.63, 3.8) is 0 Å². The quantitative estimate of drug-likeness (QED) is 0.694. The van der Waals surface area contributed by atoms with Crippen LogP contribution in [0.2, 0.25) is 0 Å². The molecule has 3 aromatic rings. The van der Waals surface area contributed by atoms with E-state index in [2.05, 4.69) is 10.3 Å². The monoisotopic (exact) mass is 389 g/mol. The van der Waals surface area contributed by atoms with Crippen LogP contribution in [0.5, 0.6) is 5.75 Å². The Labute approximate surface area is 170 Å². The lowest BCUT2D eigenvalue weighted by atomic mass is 10.1. The Hall–Kier alpha value is -3.67. The number of carbonyl (C=O) groups is 2. The molecule has 0 aliphatic rings. The van der Waals surface area contributed by atoms with Gasteiger partial charge in [0, 0.05) is 26.0 Å². The molecule has 0 radical (unpaired) electrons. The summed E-state index contributed by atoms with van der Waals surface area (Å²) >= 11 is 0. The van der Waals surface area contributed by atoms with Gasteiger partial charge in [-0.05, 0) is 36.2 Å². The number of amides is 2. The van der Waals surface area contributed by atoms with Crippen molar-refractivity contribution >= 4 is 17.5 Å². The van der Waals surface area contributed by atoms with Crippen molar-refractivity contribution in [3.8, 4) is 5.75 Å². The van der Waals surface area contributed by atoms with Crippen LogP contribution in [0.4, 0.5) is 5.69 Å². The first-order valence-corrected chi connectivity index (χ1v) is 9.18. The highest BCUT2D eigenvalue weighted by atomic mass is 16.5. The van der Waals surface area contributed by atoms with Crippen molar-refractivity contribution < 1.29 is 14.3 Å². The highest BCUT2D eigenvalue weighted by Gasteiger charge is 2.16. The van der Waals surface area contributed by atoms with Crippen molar-refractivity contribution in [3.05, 3.63) is 89.2 Å². The Morgan fingerprint density at radius 3 is 2.48 bits per heavy atom. The molecule has 6 heteroatoms. The van der Waals surface area contributed by atoms with Gasteiger partial charge in [-0.2, -0.15) is 0 Å². The molecular weight excluding hydrogens is 366 g/mol. The number of ether oxygens (including phenoxy) is 1. The van der Waals surface area contributed by atoms with Crippen molar-refractivity contribution in [1.29, 1.82) is 0 Å². The average Bonchev–Trinajstić information content (AvgIpc) is 2.74. The van der Waals surface area contributed by atoms with Crippen LogP contribution in [0.25, 0.3) is 0 Å². The van der Waals surface area contributed by atoms with Gasteiger partial charge in [0.15, 0.2) is 0 Å². The smallest absolute Gasteiger partial charge is 0.257 e. The molecule has 0 spiro atoms. The van der Waals surface area contributed by atoms with Crippen molar-refractivity contribution in [2.45, 2.75) is 13.5 Å². The van der Waals surface area contributed by atoms with Crippen molar-refractivity contribution in [1.82, 2.24) is 9.88 Å². The Morgan fingerprint density at radius 2 is 1.76 bits per heavy atom. The number of pyridine rings is 1. The van der Waals surface area contributed by atoms with Gasteiger partial charge in [0.2, 0.25) is 0 Å². The van der Waals surface area contributed by atoms with Crippen LogP contribution in [0.1, 0.15) is 31.8 Å². The van der Waals surface area contributed by atoms with Gasteiger partial charge in [0.05, 0.1) is 23.9 Å². The van der Waals surface area contributed by atoms with Crippen LogP contribution in [0, 0.1) is 6.92 Å². The van der Waals surface area contributed by atoms with Crippen LogP contribution in [0.3, 0.4) is 0 Å². The Morgan fingerprint density at radius 1 is 1.03 bits per heavy atom. The third kappa shape index (κ3) is 4.99. The highest BCUT2D eigenvalue weighted by molar-refractivity contribution is 6.06. The highest BCUT2D eigenvalue weighted by Crippen LogP contribution is 2.25. The second-order valence-electron chi connectivity index (χ2n) is 6.77. The lowest BCUT2D eigenvalue weighted by Gasteiger charge is -2.17. The first-order chi connectivity index (χ1) is 14.0. The van der Waals surface area contributed by atoms with E-state index in [-0.39, 0.29) is 11.8 Å². The predicted molar refractivity (Wildman–Crippen MR) is 112 cm³/mol. The summed E-state index contributed by atoms with van der Waals surface area (Å²) in [7, 11) is 3.27. The van der Waals surface area contributed by atoms with Gasteiger partial charge in [-0.15, -0.1) is 0 Å². The zero-order valence-electron chi connectivity index (χ0n) is 16.7. The summed E-state index contributed by atoms with van der Waals surface area (Å²) in [4.78, 5) is 31.1. The molecule has 0 aliphatic heterocycles. The molecule has 2 aromatic carbocycles. The number of aryl methyl sites for hydroxylation is 1. The molecule has 29 heavy (non-hydrogen) atoms. The largest absolute Gasteiger partial charge is 0.495 e. The van der Waals surface area contributed by atoms with Crippen molar-refractivity contribution in [2.24, 2.45) is 0 Å². The van der Waals surface area contributed by atoms with E-state index >= 15 is 0 Å². The maximum Gasteiger partial charge on any atom is 0.257 e. The minimum atomic E-state index is -0.359. The first kappa shape index (κ1) is 20.1. The molecule has 1 heterocycles. The molecule has 3 rings (SSSR count). The van der Waals surface area contributed by atoms with E-state index in [1.807, 2.05) is 49.4 Å². The van der Waals surface area contributed by atoms with Crippen LogP contribution in [0.15, 0.2) is 67.0 Å². The fraction of sp³-hybridized carbons (Fsp3) is 0.174. The number of aromatic nitrogens is 1. The fourth-order valence-corrected chi connectivity index (χ4v) is 2.94. The average molecular weight is 389 g/mol. The van der Waals surface area contributed by atoms with E-state index in [1.54, 1.807) is 31.2 Å². The number of benzene rings is 2. The van der Waals surface area contributed by atoms with E-state index in [0.717, 1.165) is 11.1 Å².